The van der Waals surface area contributed by atoms with E-state index in [1.54, 1.807) is 29.6 Å². The van der Waals surface area contributed by atoms with Crippen molar-refractivity contribution >= 4 is 39.9 Å². The summed E-state index contributed by atoms with van der Waals surface area (Å²) in [6, 6.07) is 6.69. The lowest BCUT2D eigenvalue weighted by Crippen LogP contribution is -2.43. The lowest BCUT2D eigenvalue weighted by atomic mass is 9.84. The Morgan fingerprint density at radius 2 is 2.16 bits per heavy atom. The molecule has 0 bridgehead atoms. The third-order valence-electron chi connectivity index (χ3n) is 4.22. The summed E-state index contributed by atoms with van der Waals surface area (Å²) >= 11 is 7.15. The Morgan fingerprint density at radius 3 is 2.88 bits per heavy atom. The smallest absolute Gasteiger partial charge is 0.273 e. The summed E-state index contributed by atoms with van der Waals surface area (Å²) < 4.78 is 0. The van der Waals surface area contributed by atoms with Gasteiger partial charge in [0.25, 0.3) is 11.8 Å². The van der Waals surface area contributed by atoms with Crippen LogP contribution in [0, 0.1) is 5.41 Å². The zero-order valence-corrected chi connectivity index (χ0v) is 15.8. The van der Waals surface area contributed by atoms with Crippen LogP contribution in [0.1, 0.15) is 47.5 Å². The van der Waals surface area contributed by atoms with E-state index in [1.165, 1.54) is 11.3 Å². The second-order valence-electron chi connectivity index (χ2n) is 7.00. The molecular weight excluding hydrogens is 358 g/mol. The van der Waals surface area contributed by atoms with Crippen molar-refractivity contribution in [3.8, 4) is 0 Å². The van der Waals surface area contributed by atoms with Crippen molar-refractivity contribution in [2.45, 2.75) is 26.7 Å². The van der Waals surface area contributed by atoms with Crippen LogP contribution < -0.4 is 5.32 Å². The normalized spacial score (nSPS) is 16.5. The number of rotatable bonds is 3. The fourth-order valence-corrected chi connectivity index (χ4v) is 3.86. The number of carbonyl (C=O) groups is 2. The van der Waals surface area contributed by atoms with Crippen LogP contribution in [0.15, 0.2) is 29.6 Å². The van der Waals surface area contributed by atoms with Gasteiger partial charge in [-0.05, 0) is 36.5 Å². The minimum Gasteiger partial charge on any atom is -0.337 e. The summed E-state index contributed by atoms with van der Waals surface area (Å²) in [5.74, 6) is -0.373. The van der Waals surface area contributed by atoms with Crippen LogP contribution in [0.4, 0.5) is 5.13 Å². The minimum atomic E-state index is -0.296. The van der Waals surface area contributed by atoms with Gasteiger partial charge in [-0.1, -0.05) is 31.5 Å². The number of likely N-dealkylation sites (tertiary alicyclic amines) is 1. The maximum atomic E-state index is 12.6. The van der Waals surface area contributed by atoms with E-state index in [1.807, 2.05) is 4.90 Å². The van der Waals surface area contributed by atoms with Crippen LogP contribution in [0.25, 0.3) is 0 Å². The first-order chi connectivity index (χ1) is 11.8. The van der Waals surface area contributed by atoms with Crippen molar-refractivity contribution in [2.24, 2.45) is 5.41 Å². The molecule has 3 rings (SSSR count). The molecule has 1 aliphatic heterocycles. The molecule has 0 spiro atoms. The lowest BCUT2D eigenvalue weighted by molar-refractivity contribution is 0.0578. The SMILES string of the molecule is CC1(C)CCCN(C(=O)c2csc(NC(=O)c3cccc(Cl)c3)n2)C1. The fraction of sp³-hybridized carbons (Fsp3) is 0.389. The number of hydrogen-bond donors (Lipinski definition) is 1. The largest absolute Gasteiger partial charge is 0.337 e. The molecule has 1 aromatic carbocycles. The van der Waals surface area contributed by atoms with Crippen molar-refractivity contribution in [3.63, 3.8) is 0 Å². The summed E-state index contributed by atoms with van der Waals surface area (Å²) in [4.78, 5) is 31.0. The maximum absolute atomic E-state index is 12.6. The molecule has 2 amide bonds. The predicted octanol–water partition coefficient (Wildman–Crippen LogP) is 4.31. The number of nitrogens with one attached hydrogen (secondary N) is 1. The van der Waals surface area contributed by atoms with Gasteiger partial charge in [0, 0.05) is 29.1 Å². The monoisotopic (exact) mass is 377 g/mol. The Kier molecular flexibility index (Phi) is 5.11. The summed E-state index contributed by atoms with van der Waals surface area (Å²) in [5, 5.41) is 5.31. The Hall–Kier alpha value is -1.92. The summed E-state index contributed by atoms with van der Waals surface area (Å²) in [5.41, 5.74) is 0.963. The molecule has 0 radical (unpaired) electrons. The Bertz CT molecular complexity index is 803. The highest BCUT2D eigenvalue weighted by Crippen LogP contribution is 2.29. The number of thiazole rings is 1. The third kappa shape index (κ3) is 4.38. The highest BCUT2D eigenvalue weighted by Gasteiger charge is 2.30. The topological polar surface area (TPSA) is 62.3 Å². The quantitative estimate of drug-likeness (QED) is 0.866. The molecule has 0 aliphatic carbocycles. The van der Waals surface area contributed by atoms with Crippen LogP contribution in [0.5, 0.6) is 0 Å². The van der Waals surface area contributed by atoms with Gasteiger partial charge in [0.2, 0.25) is 0 Å². The van der Waals surface area contributed by atoms with Crippen molar-refractivity contribution in [3.05, 3.63) is 45.9 Å². The molecule has 1 aliphatic rings. The highest BCUT2D eigenvalue weighted by atomic mass is 35.5. The number of hydrogen-bond acceptors (Lipinski definition) is 4. The number of aromatic nitrogens is 1. The van der Waals surface area contributed by atoms with Gasteiger partial charge in [0.05, 0.1) is 0 Å². The Balaban J connectivity index is 1.68. The van der Waals surface area contributed by atoms with E-state index in [9.17, 15) is 9.59 Å². The lowest BCUT2D eigenvalue weighted by Gasteiger charge is -2.37. The first kappa shape index (κ1) is 17.9. The average molecular weight is 378 g/mol. The zero-order valence-electron chi connectivity index (χ0n) is 14.2. The van der Waals surface area contributed by atoms with Crippen molar-refractivity contribution < 1.29 is 9.59 Å². The number of amides is 2. The fourth-order valence-electron chi connectivity index (χ4n) is 2.99. The third-order valence-corrected chi connectivity index (χ3v) is 5.21. The number of anilines is 1. The highest BCUT2D eigenvalue weighted by molar-refractivity contribution is 7.14. The molecule has 1 saturated heterocycles. The van der Waals surface area contributed by atoms with E-state index < -0.39 is 0 Å². The molecule has 1 fully saturated rings. The molecule has 2 aromatic rings. The zero-order chi connectivity index (χ0) is 18.0. The molecule has 25 heavy (non-hydrogen) atoms. The Labute approximate surface area is 156 Å². The molecule has 132 valence electrons. The first-order valence-electron chi connectivity index (χ1n) is 8.16. The van der Waals surface area contributed by atoms with E-state index >= 15 is 0 Å². The second-order valence-corrected chi connectivity index (χ2v) is 8.29. The van der Waals surface area contributed by atoms with Crippen molar-refractivity contribution in [2.75, 3.05) is 18.4 Å². The van der Waals surface area contributed by atoms with Crippen LogP contribution in [-0.4, -0.2) is 34.8 Å². The van der Waals surface area contributed by atoms with E-state index in [4.69, 9.17) is 11.6 Å². The van der Waals surface area contributed by atoms with Crippen LogP contribution in [0.3, 0.4) is 0 Å². The molecular formula is C18H20ClN3O2S. The van der Waals surface area contributed by atoms with Gasteiger partial charge in [-0.3, -0.25) is 14.9 Å². The van der Waals surface area contributed by atoms with Gasteiger partial charge in [-0.15, -0.1) is 11.3 Å². The molecule has 5 nitrogen and oxygen atoms in total. The number of nitrogens with zero attached hydrogens (tertiary/aromatic N) is 2. The summed E-state index contributed by atoms with van der Waals surface area (Å²) in [6.07, 6.45) is 2.12. The first-order valence-corrected chi connectivity index (χ1v) is 9.42. The number of halogens is 1. The van der Waals surface area contributed by atoms with Crippen LogP contribution >= 0.6 is 22.9 Å². The van der Waals surface area contributed by atoms with Gasteiger partial charge in [-0.25, -0.2) is 4.98 Å². The van der Waals surface area contributed by atoms with Crippen LogP contribution in [0.2, 0.25) is 5.02 Å². The number of piperidine rings is 1. The van der Waals surface area contributed by atoms with E-state index in [0.29, 0.717) is 21.4 Å². The number of benzene rings is 1. The molecule has 1 aromatic heterocycles. The van der Waals surface area contributed by atoms with Gasteiger partial charge >= 0.3 is 0 Å². The van der Waals surface area contributed by atoms with E-state index in [0.717, 1.165) is 25.9 Å². The minimum absolute atomic E-state index is 0.0766. The molecule has 0 atom stereocenters. The van der Waals surface area contributed by atoms with Crippen molar-refractivity contribution in [1.29, 1.82) is 0 Å². The van der Waals surface area contributed by atoms with E-state index in [-0.39, 0.29) is 17.2 Å². The van der Waals surface area contributed by atoms with Gasteiger partial charge < -0.3 is 4.90 Å². The van der Waals surface area contributed by atoms with Crippen LogP contribution in [-0.2, 0) is 0 Å². The maximum Gasteiger partial charge on any atom is 0.273 e. The van der Waals surface area contributed by atoms with Crippen molar-refractivity contribution in [1.82, 2.24) is 9.88 Å². The van der Waals surface area contributed by atoms with E-state index in [2.05, 4.69) is 24.1 Å². The standard InChI is InChI=1S/C18H20ClN3O2S/c1-18(2)7-4-8-22(11-18)16(24)14-10-25-17(20-14)21-15(23)12-5-3-6-13(19)9-12/h3,5-6,9-10H,4,7-8,11H2,1-2H3,(H,20,21,23). The average Bonchev–Trinajstić information content (AvgIpc) is 3.01. The molecule has 1 N–H and O–H groups in total. The molecule has 0 unspecified atom stereocenters. The second kappa shape index (κ2) is 7.14. The van der Waals surface area contributed by atoms with Gasteiger partial charge in [-0.2, -0.15) is 0 Å². The molecule has 7 heteroatoms. The molecule has 2 heterocycles. The summed E-state index contributed by atoms with van der Waals surface area (Å²) in [7, 11) is 0. The number of carbonyl (C=O) groups excluding carboxylic acids is 2. The van der Waals surface area contributed by atoms with Gasteiger partial charge in [0.1, 0.15) is 5.69 Å². The Morgan fingerprint density at radius 1 is 1.36 bits per heavy atom. The predicted molar refractivity (Wildman–Crippen MR) is 100 cm³/mol. The molecule has 0 saturated carbocycles. The van der Waals surface area contributed by atoms with Gasteiger partial charge in [0.15, 0.2) is 5.13 Å². The summed E-state index contributed by atoms with van der Waals surface area (Å²) in [6.45, 7) is 5.83.